The van der Waals surface area contributed by atoms with Crippen LogP contribution in [0.2, 0.25) is 0 Å². The molecule has 42 heavy (non-hydrogen) atoms. The van der Waals surface area contributed by atoms with E-state index in [1.807, 2.05) is 54.5 Å². The molecule has 0 aromatic heterocycles. The normalized spacial score (nSPS) is 17.4. The van der Waals surface area contributed by atoms with E-state index in [1.165, 1.54) is 25.7 Å². The molecule has 228 valence electrons. The van der Waals surface area contributed by atoms with Crippen molar-refractivity contribution in [3.8, 4) is 11.1 Å². The maximum absolute atomic E-state index is 13.6. The number of ether oxygens (including phenoxy) is 1. The molecule has 1 aliphatic heterocycles. The zero-order chi connectivity index (χ0) is 29.9. The van der Waals surface area contributed by atoms with Crippen LogP contribution >= 0.6 is 11.8 Å². The topological polar surface area (TPSA) is 95.9 Å². The number of aryl methyl sites for hydroxylation is 1. The number of nitrogens with one attached hydrogen (secondary N) is 1. The summed E-state index contributed by atoms with van der Waals surface area (Å²) in [7, 11) is 0. The molecule has 2 atom stereocenters. The number of carboxylic acids is 1. The Morgan fingerprint density at radius 2 is 1.71 bits per heavy atom. The second kappa shape index (κ2) is 16.1. The molecule has 1 heterocycles. The van der Waals surface area contributed by atoms with E-state index in [4.69, 9.17) is 4.74 Å². The van der Waals surface area contributed by atoms with E-state index in [9.17, 15) is 19.5 Å². The summed E-state index contributed by atoms with van der Waals surface area (Å²) < 4.78 is 6.44. The van der Waals surface area contributed by atoms with Gasteiger partial charge in [0, 0.05) is 18.7 Å². The maximum Gasteiger partial charge on any atom is 0.326 e. The van der Waals surface area contributed by atoms with Crippen molar-refractivity contribution in [2.75, 3.05) is 25.1 Å². The number of amides is 2. The molecule has 1 saturated carbocycles. The van der Waals surface area contributed by atoms with Gasteiger partial charge in [0.25, 0.3) is 11.8 Å². The highest BCUT2D eigenvalue weighted by Crippen LogP contribution is 2.31. The molecule has 0 spiro atoms. The van der Waals surface area contributed by atoms with Crippen molar-refractivity contribution in [3.63, 3.8) is 0 Å². The highest BCUT2D eigenvalue weighted by atomic mass is 32.2. The lowest BCUT2D eigenvalue weighted by molar-refractivity contribution is -0.147. The summed E-state index contributed by atoms with van der Waals surface area (Å²) in [6.07, 6.45) is 11.8. The fraction of sp³-hybridized carbons (Fsp3) is 0.559. The van der Waals surface area contributed by atoms with Gasteiger partial charge in [0.05, 0.1) is 6.61 Å². The van der Waals surface area contributed by atoms with Gasteiger partial charge >= 0.3 is 5.97 Å². The number of benzene rings is 2. The van der Waals surface area contributed by atoms with Crippen molar-refractivity contribution < 1.29 is 24.2 Å². The van der Waals surface area contributed by atoms with Crippen LogP contribution in [0.15, 0.2) is 42.5 Å². The summed E-state index contributed by atoms with van der Waals surface area (Å²) in [5.74, 6) is -0.192. The highest BCUT2D eigenvalue weighted by Gasteiger charge is 2.30. The summed E-state index contributed by atoms with van der Waals surface area (Å²) in [6, 6.07) is 12.5. The lowest BCUT2D eigenvalue weighted by Crippen LogP contribution is -2.44. The Kier molecular flexibility index (Phi) is 12.3. The third kappa shape index (κ3) is 8.83. The van der Waals surface area contributed by atoms with Crippen molar-refractivity contribution in [3.05, 3.63) is 59.2 Å². The quantitative estimate of drug-likeness (QED) is 0.276. The van der Waals surface area contributed by atoms with Crippen LogP contribution in [0.25, 0.3) is 11.1 Å². The lowest BCUT2D eigenvalue weighted by atomic mass is 9.85. The summed E-state index contributed by atoms with van der Waals surface area (Å²) in [4.78, 5) is 40.8. The summed E-state index contributed by atoms with van der Waals surface area (Å²) in [5, 5.41) is 12.4. The number of piperidine rings is 1. The maximum atomic E-state index is 13.6. The fourth-order valence-corrected chi connectivity index (χ4v) is 6.66. The van der Waals surface area contributed by atoms with Crippen molar-refractivity contribution >= 4 is 29.5 Å². The number of hydrogen-bond donors (Lipinski definition) is 2. The molecule has 2 aromatic rings. The van der Waals surface area contributed by atoms with E-state index < -0.39 is 24.0 Å². The van der Waals surface area contributed by atoms with Gasteiger partial charge in [0.15, 0.2) is 0 Å². The molecular weight excluding hydrogens is 548 g/mol. The zero-order valence-electron chi connectivity index (χ0n) is 25.1. The van der Waals surface area contributed by atoms with Crippen LogP contribution in [0.5, 0.6) is 0 Å². The van der Waals surface area contributed by atoms with Gasteiger partial charge in [-0.2, -0.15) is 11.8 Å². The Balaban J connectivity index is 1.57. The van der Waals surface area contributed by atoms with E-state index in [2.05, 4.69) is 5.32 Å². The standard InChI is InChI=1S/C34H46N2O5S/c1-24-11-7-8-14-27(24)29-21-26(15-16-28(29)32(37)35-30(34(39)40)17-20-42-2)23-41-31(22-25-12-5-3-6-13-25)33(38)36-18-9-4-10-19-36/h7-8,11,14-16,21,25,30-31H,3-6,9-10,12-13,17-20,22-23H2,1-2H3,(H,35,37)(H,39,40)/t30-,31?/m0/s1. The molecule has 4 rings (SSSR count). The SMILES string of the molecule is CSCC[C@H](NC(=O)c1ccc(COC(CC2CCCCC2)C(=O)N2CCCCC2)cc1-c1ccccc1C)C(=O)O. The monoisotopic (exact) mass is 594 g/mol. The Morgan fingerprint density at radius 3 is 2.40 bits per heavy atom. The number of carbonyl (C=O) groups excluding carboxylic acids is 2. The van der Waals surface area contributed by atoms with Crippen LogP contribution in [-0.2, 0) is 20.9 Å². The molecule has 0 bridgehead atoms. The average molecular weight is 595 g/mol. The molecular formula is C34H46N2O5S. The van der Waals surface area contributed by atoms with Gasteiger partial charge in [-0.3, -0.25) is 9.59 Å². The minimum Gasteiger partial charge on any atom is -0.480 e. The van der Waals surface area contributed by atoms with E-state index in [0.717, 1.165) is 67.4 Å². The summed E-state index contributed by atoms with van der Waals surface area (Å²) in [6.45, 7) is 3.87. The summed E-state index contributed by atoms with van der Waals surface area (Å²) >= 11 is 1.55. The van der Waals surface area contributed by atoms with Crippen LogP contribution in [0.4, 0.5) is 0 Å². The zero-order valence-corrected chi connectivity index (χ0v) is 25.9. The molecule has 1 aliphatic carbocycles. The lowest BCUT2D eigenvalue weighted by Gasteiger charge is -2.32. The molecule has 2 aliphatic rings. The molecule has 2 aromatic carbocycles. The predicted molar refractivity (Wildman–Crippen MR) is 169 cm³/mol. The molecule has 2 N–H and O–H groups in total. The number of carbonyl (C=O) groups is 3. The van der Waals surface area contributed by atoms with E-state index >= 15 is 0 Å². The number of hydrogen-bond acceptors (Lipinski definition) is 5. The van der Waals surface area contributed by atoms with Gasteiger partial charge in [-0.05, 0) is 91.3 Å². The molecule has 2 amide bonds. The molecule has 1 unspecified atom stereocenters. The van der Waals surface area contributed by atoms with Gasteiger partial charge in [0.1, 0.15) is 12.1 Å². The molecule has 1 saturated heterocycles. The first-order valence-corrected chi connectivity index (χ1v) is 16.9. The third-order valence-electron chi connectivity index (χ3n) is 8.64. The van der Waals surface area contributed by atoms with Gasteiger partial charge in [-0.1, -0.05) is 62.4 Å². The van der Waals surface area contributed by atoms with Crippen LogP contribution < -0.4 is 5.32 Å². The van der Waals surface area contributed by atoms with E-state index in [0.29, 0.717) is 23.7 Å². The van der Waals surface area contributed by atoms with Crippen LogP contribution in [0, 0.1) is 12.8 Å². The number of likely N-dealkylation sites (tertiary alicyclic amines) is 1. The average Bonchev–Trinajstić information content (AvgIpc) is 3.01. The highest BCUT2D eigenvalue weighted by molar-refractivity contribution is 7.98. The number of thioether (sulfide) groups is 1. The second-order valence-electron chi connectivity index (χ2n) is 11.8. The molecule has 7 nitrogen and oxygen atoms in total. The van der Waals surface area contributed by atoms with Crippen molar-refractivity contribution in [1.82, 2.24) is 10.2 Å². The number of carboxylic acid groups (broad SMARTS) is 1. The van der Waals surface area contributed by atoms with Gasteiger partial charge in [-0.15, -0.1) is 0 Å². The van der Waals surface area contributed by atoms with E-state index in [1.54, 1.807) is 17.8 Å². The Labute approximate surface area is 254 Å². The Morgan fingerprint density at radius 1 is 1.00 bits per heavy atom. The fourth-order valence-electron chi connectivity index (χ4n) is 6.19. The second-order valence-corrected chi connectivity index (χ2v) is 12.8. The van der Waals surface area contributed by atoms with E-state index in [-0.39, 0.29) is 12.5 Å². The number of rotatable bonds is 13. The van der Waals surface area contributed by atoms with Crippen molar-refractivity contribution in [2.24, 2.45) is 5.92 Å². The smallest absolute Gasteiger partial charge is 0.326 e. The first kappa shape index (κ1) is 32.1. The van der Waals surface area contributed by atoms with Gasteiger partial charge < -0.3 is 20.1 Å². The number of aliphatic carboxylic acids is 1. The van der Waals surface area contributed by atoms with Crippen LogP contribution in [0.1, 0.15) is 85.7 Å². The van der Waals surface area contributed by atoms with Crippen LogP contribution in [-0.4, -0.2) is 65.0 Å². The summed E-state index contributed by atoms with van der Waals surface area (Å²) in [5.41, 5.74) is 3.95. The first-order chi connectivity index (χ1) is 20.4. The Hall–Kier alpha value is -2.84. The molecule has 0 radical (unpaired) electrons. The van der Waals surface area contributed by atoms with Gasteiger partial charge in [-0.25, -0.2) is 4.79 Å². The Bertz CT molecular complexity index is 1210. The first-order valence-electron chi connectivity index (χ1n) is 15.5. The van der Waals surface area contributed by atoms with Gasteiger partial charge in [0.2, 0.25) is 0 Å². The predicted octanol–water partition coefficient (Wildman–Crippen LogP) is 6.47. The van der Waals surface area contributed by atoms with Crippen LogP contribution in [0.3, 0.4) is 0 Å². The van der Waals surface area contributed by atoms with Crippen molar-refractivity contribution in [1.29, 1.82) is 0 Å². The molecule has 8 heteroatoms. The minimum atomic E-state index is -1.04. The van der Waals surface area contributed by atoms with Crippen molar-refractivity contribution in [2.45, 2.75) is 89.9 Å². The third-order valence-corrected chi connectivity index (χ3v) is 9.29. The molecule has 2 fully saturated rings. The number of nitrogens with zero attached hydrogens (tertiary/aromatic N) is 1. The largest absolute Gasteiger partial charge is 0.480 e. The minimum absolute atomic E-state index is 0.111.